The van der Waals surface area contributed by atoms with Crippen molar-refractivity contribution in [2.24, 2.45) is 0 Å². The molecular weight excluding hydrogens is 182 g/mol. The zero-order chi connectivity index (χ0) is 8.72. The largest absolute Gasteiger partial charge is 0.506 e. The maximum Gasteiger partial charge on any atom is 0.160 e. The quantitative estimate of drug-likeness (QED) is 0.670. The van der Waals surface area contributed by atoms with Gasteiger partial charge in [0.2, 0.25) is 0 Å². The second-order valence-electron chi connectivity index (χ2n) is 2.38. The third-order valence-electron chi connectivity index (χ3n) is 1.60. The van der Waals surface area contributed by atoms with E-state index in [9.17, 15) is 8.78 Å². The molecule has 1 aromatic carbocycles. The highest BCUT2D eigenvalue weighted by molar-refractivity contribution is 7.17. The molecule has 12 heavy (non-hydrogen) atoms. The first-order chi connectivity index (χ1) is 5.68. The second kappa shape index (κ2) is 2.42. The van der Waals surface area contributed by atoms with Crippen LogP contribution in [0, 0.1) is 11.6 Å². The van der Waals surface area contributed by atoms with E-state index in [1.54, 1.807) is 0 Å². The van der Waals surface area contributed by atoms with E-state index in [0.29, 0.717) is 10.1 Å². The average molecular weight is 186 g/mol. The van der Waals surface area contributed by atoms with Gasteiger partial charge in [-0.1, -0.05) is 0 Å². The molecule has 4 heteroatoms. The monoisotopic (exact) mass is 186 g/mol. The molecule has 1 aromatic heterocycles. The molecule has 62 valence electrons. The first-order valence-corrected chi connectivity index (χ1v) is 4.11. The predicted molar refractivity (Wildman–Crippen MR) is 43.4 cm³/mol. The topological polar surface area (TPSA) is 20.2 Å². The Labute approximate surface area is 70.9 Å². The first-order valence-electron chi connectivity index (χ1n) is 3.23. The van der Waals surface area contributed by atoms with Crippen molar-refractivity contribution < 1.29 is 13.9 Å². The van der Waals surface area contributed by atoms with E-state index < -0.39 is 11.6 Å². The van der Waals surface area contributed by atoms with Crippen LogP contribution >= 0.6 is 11.3 Å². The van der Waals surface area contributed by atoms with Crippen LogP contribution in [0.25, 0.3) is 10.1 Å². The Hall–Kier alpha value is -1.16. The number of rotatable bonds is 0. The molecule has 0 aliphatic heterocycles. The van der Waals surface area contributed by atoms with E-state index in [0.717, 1.165) is 12.1 Å². The van der Waals surface area contributed by atoms with Crippen LogP contribution in [-0.4, -0.2) is 5.11 Å². The molecule has 0 saturated heterocycles. The second-order valence-corrected chi connectivity index (χ2v) is 3.29. The summed E-state index contributed by atoms with van der Waals surface area (Å²) in [6.07, 6.45) is 0. The van der Waals surface area contributed by atoms with Crippen molar-refractivity contribution in [1.82, 2.24) is 0 Å². The van der Waals surface area contributed by atoms with E-state index in [1.165, 1.54) is 16.7 Å². The first kappa shape index (κ1) is 7.49. The fourth-order valence-electron chi connectivity index (χ4n) is 1.01. The number of hydrogen-bond acceptors (Lipinski definition) is 2. The lowest BCUT2D eigenvalue weighted by atomic mass is 10.2. The molecule has 0 aliphatic carbocycles. The van der Waals surface area contributed by atoms with Crippen molar-refractivity contribution >= 4 is 21.4 Å². The third kappa shape index (κ3) is 0.956. The van der Waals surface area contributed by atoms with Crippen molar-refractivity contribution in [1.29, 1.82) is 0 Å². The summed E-state index contributed by atoms with van der Waals surface area (Å²) in [5, 5.41) is 11.0. The van der Waals surface area contributed by atoms with Crippen molar-refractivity contribution in [2.45, 2.75) is 0 Å². The summed E-state index contributed by atoms with van der Waals surface area (Å²) in [6, 6.07) is 2.07. The molecule has 0 saturated carbocycles. The normalized spacial score (nSPS) is 10.8. The Balaban J connectivity index is 2.87. The molecular formula is C8H4F2OS. The van der Waals surface area contributed by atoms with Gasteiger partial charge in [0.05, 0.1) is 0 Å². The molecule has 0 spiro atoms. The molecule has 0 aliphatic rings. The van der Waals surface area contributed by atoms with Crippen LogP contribution in [0.15, 0.2) is 17.5 Å². The van der Waals surface area contributed by atoms with Gasteiger partial charge in [0.15, 0.2) is 11.6 Å². The smallest absolute Gasteiger partial charge is 0.160 e. The zero-order valence-corrected chi connectivity index (χ0v) is 6.66. The lowest BCUT2D eigenvalue weighted by molar-refractivity contribution is 0.482. The molecule has 0 unspecified atom stereocenters. The van der Waals surface area contributed by atoms with Crippen molar-refractivity contribution in [3.63, 3.8) is 0 Å². The number of halogens is 2. The minimum absolute atomic E-state index is 0.00565. The van der Waals surface area contributed by atoms with E-state index in [4.69, 9.17) is 5.11 Å². The Morgan fingerprint density at radius 2 is 1.83 bits per heavy atom. The highest BCUT2D eigenvalue weighted by atomic mass is 32.1. The number of aromatic hydroxyl groups is 1. The molecule has 1 N–H and O–H groups in total. The van der Waals surface area contributed by atoms with E-state index in [2.05, 4.69) is 0 Å². The summed E-state index contributed by atoms with van der Waals surface area (Å²) >= 11 is 1.18. The summed E-state index contributed by atoms with van der Waals surface area (Å²) in [6.45, 7) is 0. The molecule has 0 radical (unpaired) electrons. The minimum atomic E-state index is -0.934. The Bertz CT molecular complexity index is 436. The predicted octanol–water partition coefficient (Wildman–Crippen LogP) is 2.89. The fourth-order valence-corrected chi connectivity index (χ4v) is 1.84. The maximum absolute atomic E-state index is 12.6. The number of fused-ring (bicyclic) bond motifs is 1. The van der Waals surface area contributed by atoms with Gasteiger partial charge < -0.3 is 5.11 Å². The molecule has 0 amide bonds. The highest BCUT2D eigenvalue weighted by Gasteiger charge is 2.08. The summed E-state index contributed by atoms with van der Waals surface area (Å²) in [5.74, 6) is -1.82. The van der Waals surface area contributed by atoms with Gasteiger partial charge in [-0.3, -0.25) is 0 Å². The van der Waals surface area contributed by atoms with Gasteiger partial charge in [-0.05, 0) is 12.1 Å². The van der Waals surface area contributed by atoms with Crippen LogP contribution < -0.4 is 0 Å². The maximum atomic E-state index is 12.6. The molecule has 1 nitrogen and oxygen atoms in total. The number of benzene rings is 1. The molecule has 1 heterocycles. The van der Waals surface area contributed by atoms with Crippen molar-refractivity contribution in [2.75, 3.05) is 0 Å². The van der Waals surface area contributed by atoms with Gasteiger partial charge in [-0.25, -0.2) is 8.78 Å². The van der Waals surface area contributed by atoms with Crippen LogP contribution in [0.1, 0.15) is 0 Å². The number of thiophene rings is 1. The summed E-state index contributed by atoms with van der Waals surface area (Å²) in [5.41, 5.74) is 0. The Morgan fingerprint density at radius 1 is 1.17 bits per heavy atom. The lowest BCUT2D eigenvalue weighted by Crippen LogP contribution is -1.80. The van der Waals surface area contributed by atoms with E-state index in [1.807, 2.05) is 0 Å². The lowest BCUT2D eigenvalue weighted by Gasteiger charge is -1.92. The molecule has 0 atom stereocenters. The molecule has 0 bridgehead atoms. The zero-order valence-electron chi connectivity index (χ0n) is 5.84. The van der Waals surface area contributed by atoms with Gasteiger partial charge in [0.25, 0.3) is 0 Å². The van der Waals surface area contributed by atoms with Crippen LogP contribution in [0.2, 0.25) is 0 Å². The van der Waals surface area contributed by atoms with Crippen molar-refractivity contribution in [3.05, 3.63) is 29.1 Å². The highest BCUT2D eigenvalue weighted by Crippen LogP contribution is 2.32. The third-order valence-corrected chi connectivity index (χ3v) is 2.53. The van der Waals surface area contributed by atoms with Gasteiger partial charge in [0, 0.05) is 15.5 Å². The minimum Gasteiger partial charge on any atom is -0.506 e. The Kier molecular flexibility index (Phi) is 1.51. The standard InChI is InChI=1S/C8H4F2OS/c9-5-1-4-7(11)3-12-8(4)2-6(5)10/h1-3,11H. The average Bonchev–Trinajstić information content (AvgIpc) is 2.35. The SMILES string of the molecule is Oc1csc2cc(F)c(F)cc12. The van der Waals surface area contributed by atoms with Crippen LogP contribution in [0.3, 0.4) is 0 Å². The molecule has 2 rings (SSSR count). The van der Waals surface area contributed by atoms with Gasteiger partial charge in [0.1, 0.15) is 5.75 Å². The summed E-state index contributed by atoms with van der Waals surface area (Å²) < 4.78 is 25.8. The van der Waals surface area contributed by atoms with Gasteiger partial charge in [-0.2, -0.15) is 0 Å². The molecule has 0 fully saturated rings. The van der Waals surface area contributed by atoms with E-state index in [-0.39, 0.29) is 5.75 Å². The number of hydrogen-bond donors (Lipinski definition) is 1. The molecule has 2 aromatic rings. The fraction of sp³-hybridized carbons (Fsp3) is 0. The van der Waals surface area contributed by atoms with E-state index >= 15 is 0 Å². The summed E-state index contributed by atoms with van der Waals surface area (Å²) in [4.78, 5) is 0. The van der Waals surface area contributed by atoms with Gasteiger partial charge >= 0.3 is 0 Å². The van der Waals surface area contributed by atoms with Crippen LogP contribution in [0.5, 0.6) is 5.75 Å². The van der Waals surface area contributed by atoms with Crippen LogP contribution in [0.4, 0.5) is 8.78 Å². The Morgan fingerprint density at radius 3 is 2.58 bits per heavy atom. The van der Waals surface area contributed by atoms with Crippen molar-refractivity contribution in [3.8, 4) is 5.75 Å². The van der Waals surface area contributed by atoms with Gasteiger partial charge in [-0.15, -0.1) is 11.3 Å². The van der Waals surface area contributed by atoms with Crippen LogP contribution in [-0.2, 0) is 0 Å². The summed E-state index contributed by atoms with van der Waals surface area (Å²) in [7, 11) is 0.